The van der Waals surface area contributed by atoms with E-state index in [1.54, 1.807) is 12.5 Å². The van der Waals surface area contributed by atoms with Crippen molar-refractivity contribution >= 4 is 0 Å². The van der Waals surface area contributed by atoms with Crippen LogP contribution in [0.15, 0.2) is 31.1 Å². The van der Waals surface area contributed by atoms with Crippen molar-refractivity contribution < 1.29 is 0 Å². The lowest BCUT2D eigenvalue weighted by atomic mass is 10.3. The fraction of sp³-hybridized carbons (Fsp3) is 0.538. The Bertz CT molecular complexity index is 475. The second-order valence-electron chi connectivity index (χ2n) is 4.63. The third-order valence-electron chi connectivity index (χ3n) is 3.21. The van der Waals surface area contributed by atoms with Crippen molar-refractivity contribution in [2.45, 2.75) is 39.4 Å². The Labute approximate surface area is 113 Å². The van der Waals surface area contributed by atoms with Crippen molar-refractivity contribution in [1.29, 1.82) is 0 Å². The molecule has 6 heteroatoms. The Kier molecular flexibility index (Phi) is 4.57. The van der Waals surface area contributed by atoms with Crippen LogP contribution in [0.3, 0.4) is 0 Å². The van der Waals surface area contributed by atoms with Gasteiger partial charge in [0.2, 0.25) is 0 Å². The van der Waals surface area contributed by atoms with Crippen molar-refractivity contribution in [3.63, 3.8) is 0 Å². The van der Waals surface area contributed by atoms with E-state index in [2.05, 4.69) is 26.5 Å². The second kappa shape index (κ2) is 6.38. The van der Waals surface area contributed by atoms with Crippen LogP contribution in [0.25, 0.3) is 0 Å². The van der Waals surface area contributed by atoms with Gasteiger partial charge in [-0.15, -0.1) is 0 Å². The quantitative estimate of drug-likeness (QED) is 0.759. The van der Waals surface area contributed by atoms with E-state index in [1.807, 2.05) is 30.2 Å². The molecule has 2 rings (SSSR count). The van der Waals surface area contributed by atoms with Crippen molar-refractivity contribution in [3.05, 3.63) is 36.9 Å². The van der Waals surface area contributed by atoms with Crippen LogP contribution in [0, 0.1) is 6.92 Å². The molecule has 0 spiro atoms. The van der Waals surface area contributed by atoms with E-state index in [1.165, 1.54) is 0 Å². The molecule has 0 aromatic carbocycles. The molecule has 0 fully saturated rings. The number of aromatic nitrogens is 4. The normalized spacial score (nSPS) is 12.6. The number of rotatable bonds is 7. The highest BCUT2D eigenvalue weighted by Crippen LogP contribution is 2.04. The maximum Gasteiger partial charge on any atom is 0.114 e. The van der Waals surface area contributed by atoms with Gasteiger partial charge in [-0.3, -0.25) is 9.69 Å². The molecule has 0 saturated carbocycles. The third kappa shape index (κ3) is 3.35. The molecule has 0 saturated heterocycles. The van der Waals surface area contributed by atoms with Crippen LogP contribution in [0.1, 0.15) is 25.6 Å². The summed E-state index contributed by atoms with van der Waals surface area (Å²) in [5, 5.41) is 2.14. The molecule has 0 radical (unpaired) electrons. The Morgan fingerprint density at radius 1 is 1.37 bits per heavy atom. The van der Waals surface area contributed by atoms with Crippen LogP contribution in [-0.4, -0.2) is 31.9 Å². The van der Waals surface area contributed by atoms with Crippen LogP contribution < -0.4 is 10.7 Å². The first kappa shape index (κ1) is 13.6. The Balaban J connectivity index is 1.96. The minimum absolute atomic E-state index is 0.0315. The molecular weight excluding hydrogens is 240 g/mol. The monoisotopic (exact) mass is 262 g/mol. The van der Waals surface area contributed by atoms with Crippen LogP contribution in [-0.2, 0) is 6.54 Å². The lowest BCUT2D eigenvalue weighted by Crippen LogP contribution is -2.49. The molecule has 2 aromatic heterocycles. The van der Waals surface area contributed by atoms with Crippen molar-refractivity contribution in [3.8, 4) is 0 Å². The largest absolute Gasteiger partial charge is 0.335 e. The predicted octanol–water partition coefficient (Wildman–Crippen LogP) is 1.11. The molecule has 2 heterocycles. The van der Waals surface area contributed by atoms with Crippen molar-refractivity contribution in [1.82, 2.24) is 19.2 Å². The fourth-order valence-electron chi connectivity index (χ4n) is 2.15. The lowest BCUT2D eigenvalue weighted by molar-refractivity contribution is 0.428. The van der Waals surface area contributed by atoms with Gasteiger partial charge < -0.3 is 10.3 Å². The van der Waals surface area contributed by atoms with Crippen LogP contribution >= 0.6 is 0 Å². The van der Waals surface area contributed by atoms with Gasteiger partial charge >= 0.3 is 0 Å². The minimum Gasteiger partial charge on any atom is -0.335 e. The SMILES string of the molecule is CCCN(C(N)CCn1ccnc1C)n1ccnc1. The summed E-state index contributed by atoms with van der Waals surface area (Å²) in [4.78, 5) is 8.30. The zero-order valence-corrected chi connectivity index (χ0v) is 11.6. The number of nitrogens with two attached hydrogens (primary N) is 1. The zero-order valence-electron chi connectivity index (χ0n) is 11.6. The van der Waals surface area contributed by atoms with Crippen molar-refractivity contribution in [2.24, 2.45) is 5.73 Å². The molecule has 1 unspecified atom stereocenters. The first-order chi connectivity index (χ1) is 9.22. The molecule has 0 aliphatic carbocycles. The Hall–Kier alpha value is -1.82. The molecule has 0 bridgehead atoms. The number of hydrogen-bond acceptors (Lipinski definition) is 4. The van der Waals surface area contributed by atoms with E-state index in [0.717, 1.165) is 31.8 Å². The number of aryl methyl sites for hydroxylation is 2. The van der Waals surface area contributed by atoms with Gasteiger partial charge in [0, 0.05) is 44.3 Å². The predicted molar refractivity (Wildman–Crippen MR) is 75.2 cm³/mol. The summed E-state index contributed by atoms with van der Waals surface area (Å²) >= 11 is 0. The summed E-state index contributed by atoms with van der Waals surface area (Å²) in [7, 11) is 0. The van der Waals surface area contributed by atoms with Crippen molar-refractivity contribution in [2.75, 3.05) is 11.6 Å². The molecule has 2 aromatic rings. The average Bonchev–Trinajstić information content (AvgIpc) is 3.04. The van der Waals surface area contributed by atoms with Gasteiger partial charge in [-0.25, -0.2) is 9.97 Å². The molecule has 0 amide bonds. The van der Waals surface area contributed by atoms with E-state index in [0.29, 0.717) is 0 Å². The van der Waals surface area contributed by atoms with Crippen LogP contribution in [0.5, 0.6) is 0 Å². The maximum absolute atomic E-state index is 6.31. The highest BCUT2D eigenvalue weighted by molar-refractivity contribution is 4.94. The Morgan fingerprint density at radius 2 is 2.21 bits per heavy atom. The first-order valence-corrected chi connectivity index (χ1v) is 6.70. The van der Waals surface area contributed by atoms with Gasteiger partial charge in [0.25, 0.3) is 0 Å². The van der Waals surface area contributed by atoms with Gasteiger partial charge in [-0.1, -0.05) is 6.92 Å². The number of hydrogen-bond donors (Lipinski definition) is 1. The molecule has 0 aliphatic heterocycles. The van der Waals surface area contributed by atoms with Gasteiger partial charge in [0.05, 0.1) is 6.17 Å². The van der Waals surface area contributed by atoms with Gasteiger partial charge in [0.1, 0.15) is 12.2 Å². The highest BCUT2D eigenvalue weighted by Gasteiger charge is 2.13. The average molecular weight is 262 g/mol. The molecule has 2 N–H and O–H groups in total. The number of nitrogens with zero attached hydrogens (tertiary/aromatic N) is 5. The summed E-state index contributed by atoms with van der Waals surface area (Å²) in [5.74, 6) is 1.02. The summed E-state index contributed by atoms with van der Waals surface area (Å²) in [6, 6.07) is 0. The van der Waals surface area contributed by atoms with E-state index in [9.17, 15) is 0 Å². The van der Waals surface area contributed by atoms with Crippen LogP contribution in [0.2, 0.25) is 0 Å². The maximum atomic E-state index is 6.31. The second-order valence-corrected chi connectivity index (χ2v) is 4.63. The molecule has 104 valence electrons. The van der Waals surface area contributed by atoms with Gasteiger partial charge in [0.15, 0.2) is 0 Å². The Morgan fingerprint density at radius 3 is 2.79 bits per heavy atom. The lowest BCUT2D eigenvalue weighted by Gasteiger charge is -2.31. The molecule has 1 atom stereocenters. The topological polar surface area (TPSA) is 64.9 Å². The van der Waals surface area contributed by atoms with E-state index in [-0.39, 0.29) is 6.17 Å². The van der Waals surface area contributed by atoms with Crippen LogP contribution in [0.4, 0.5) is 0 Å². The third-order valence-corrected chi connectivity index (χ3v) is 3.21. The van der Waals surface area contributed by atoms with E-state index in [4.69, 9.17) is 5.73 Å². The summed E-state index contributed by atoms with van der Waals surface area (Å²) in [6.45, 7) is 5.95. The zero-order chi connectivity index (χ0) is 13.7. The molecule has 0 aliphatic rings. The molecule has 6 nitrogen and oxygen atoms in total. The first-order valence-electron chi connectivity index (χ1n) is 6.70. The van der Waals surface area contributed by atoms with Gasteiger partial charge in [-0.05, 0) is 13.3 Å². The summed E-state index contributed by atoms with van der Waals surface area (Å²) in [5.41, 5.74) is 6.31. The van der Waals surface area contributed by atoms with E-state index >= 15 is 0 Å². The summed E-state index contributed by atoms with van der Waals surface area (Å²) < 4.78 is 4.09. The molecular formula is C13H22N6. The summed E-state index contributed by atoms with van der Waals surface area (Å²) in [6.07, 6.45) is 11.2. The minimum atomic E-state index is -0.0315. The van der Waals surface area contributed by atoms with Gasteiger partial charge in [-0.2, -0.15) is 0 Å². The number of imidazole rings is 2. The highest BCUT2D eigenvalue weighted by atomic mass is 15.6. The standard InChI is InChI=1S/C13H22N6/c1-3-7-19(18-10-5-15-11-18)13(14)4-8-17-9-6-16-12(17)2/h5-6,9-11,13H,3-4,7-8,14H2,1-2H3. The van der Waals surface area contributed by atoms with E-state index < -0.39 is 0 Å². The smallest absolute Gasteiger partial charge is 0.114 e. The molecule has 19 heavy (non-hydrogen) atoms. The fourth-order valence-corrected chi connectivity index (χ4v) is 2.15.